The van der Waals surface area contributed by atoms with E-state index in [-0.39, 0.29) is 0 Å². The van der Waals surface area contributed by atoms with Crippen molar-refractivity contribution in [1.82, 2.24) is 0 Å². The van der Waals surface area contributed by atoms with Gasteiger partial charge in [0.25, 0.3) is 0 Å². The minimum atomic E-state index is 0.500. The highest BCUT2D eigenvalue weighted by atomic mass is 14.9. The zero-order valence-electron chi connectivity index (χ0n) is 6.83. The van der Waals surface area contributed by atoms with Gasteiger partial charge in [-0.05, 0) is 23.4 Å². The van der Waals surface area contributed by atoms with Crippen molar-refractivity contribution >= 4 is 5.87 Å². The summed E-state index contributed by atoms with van der Waals surface area (Å²) in [7, 11) is 0. The molecule has 0 radical (unpaired) electrons. The first-order chi connectivity index (χ1) is 5.20. The Morgan fingerprint density at radius 3 is 2.82 bits per heavy atom. The smallest absolute Gasteiger partial charge is 0.133 e. The van der Waals surface area contributed by atoms with Gasteiger partial charge < -0.3 is 5.73 Å². The van der Waals surface area contributed by atoms with Crippen molar-refractivity contribution in [3.05, 3.63) is 29.6 Å². The van der Waals surface area contributed by atoms with Gasteiger partial charge in [-0.25, -0.2) is 0 Å². The first-order valence-corrected chi connectivity index (χ1v) is 3.67. The van der Waals surface area contributed by atoms with E-state index in [1.54, 1.807) is 6.08 Å². The molecule has 0 aliphatic carbocycles. The molecule has 0 aromatic carbocycles. The molecule has 0 bridgehead atoms. The van der Waals surface area contributed by atoms with E-state index in [1.165, 1.54) is 5.57 Å². The third kappa shape index (κ3) is 2.10. The fourth-order valence-corrected chi connectivity index (χ4v) is 0.807. The zero-order chi connectivity index (χ0) is 8.27. The van der Waals surface area contributed by atoms with Crippen LogP contribution < -0.4 is 5.73 Å². The first-order valence-electron chi connectivity index (χ1n) is 3.67. The Balaban J connectivity index is 2.94. The summed E-state index contributed by atoms with van der Waals surface area (Å²) in [5.74, 6) is 3.78. The molecule has 0 saturated heterocycles. The minimum Gasteiger partial charge on any atom is -0.383 e. The van der Waals surface area contributed by atoms with Crippen LogP contribution in [0.15, 0.2) is 34.6 Å². The maximum Gasteiger partial charge on any atom is 0.133 e. The molecule has 1 aliphatic heterocycles. The molecule has 2 heteroatoms. The maximum absolute atomic E-state index is 5.46. The van der Waals surface area contributed by atoms with Gasteiger partial charge in [0.2, 0.25) is 0 Å². The summed E-state index contributed by atoms with van der Waals surface area (Å²) in [6.45, 7) is 4.25. The third-order valence-electron chi connectivity index (χ3n) is 1.54. The van der Waals surface area contributed by atoms with Crippen LogP contribution in [0, 0.1) is 5.92 Å². The number of rotatable bonds is 1. The van der Waals surface area contributed by atoms with Gasteiger partial charge in [0, 0.05) is 6.08 Å². The number of nitrogens with two attached hydrogens (primary N) is 1. The van der Waals surface area contributed by atoms with E-state index < -0.39 is 0 Å². The third-order valence-corrected chi connectivity index (χ3v) is 1.54. The van der Waals surface area contributed by atoms with E-state index in [1.807, 2.05) is 12.2 Å². The van der Waals surface area contributed by atoms with Crippen molar-refractivity contribution in [3.63, 3.8) is 0 Å². The van der Waals surface area contributed by atoms with Gasteiger partial charge in [-0.2, -0.15) is 4.99 Å². The van der Waals surface area contributed by atoms with E-state index in [9.17, 15) is 0 Å². The number of nitrogens with zero attached hydrogens (tertiary/aromatic N) is 1. The average Bonchev–Trinajstić information content (AvgIpc) is 2.13. The predicted octanol–water partition coefficient (Wildman–Crippen LogP) is 1.61. The van der Waals surface area contributed by atoms with Crippen molar-refractivity contribution < 1.29 is 0 Å². The highest BCUT2D eigenvalue weighted by Gasteiger charge is 1.98. The molecular formula is C9H12N2. The SMILES string of the molecule is CC(C)C1=CC=C(N)N=C=C1. The highest BCUT2D eigenvalue weighted by molar-refractivity contribution is 5.60. The highest BCUT2D eigenvalue weighted by Crippen LogP contribution is 2.11. The lowest BCUT2D eigenvalue weighted by Gasteiger charge is -2.01. The van der Waals surface area contributed by atoms with Crippen molar-refractivity contribution in [2.75, 3.05) is 0 Å². The molecule has 0 saturated carbocycles. The number of hydrogen-bond acceptors (Lipinski definition) is 2. The summed E-state index contributed by atoms with van der Waals surface area (Å²) in [6, 6.07) is 0. The summed E-state index contributed by atoms with van der Waals surface area (Å²) < 4.78 is 0. The number of aliphatic imine (C=N–C) groups is 1. The lowest BCUT2D eigenvalue weighted by atomic mass is 10.0. The lowest BCUT2D eigenvalue weighted by Crippen LogP contribution is -1.90. The molecule has 2 nitrogen and oxygen atoms in total. The molecule has 0 spiro atoms. The first kappa shape index (κ1) is 7.83. The second kappa shape index (κ2) is 3.22. The predicted molar refractivity (Wildman–Crippen MR) is 47.2 cm³/mol. The Morgan fingerprint density at radius 2 is 2.18 bits per heavy atom. The van der Waals surface area contributed by atoms with Crippen LogP contribution in [0.3, 0.4) is 0 Å². The lowest BCUT2D eigenvalue weighted by molar-refractivity contribution is 0.793. The topological polar surface area (TPSA) is 38.4 Å². The van der Waals surface area contributed by atoms with E-state index in [2.05, 4.69) is 24.7 Å². The van der Waals surface area contributed by atoms with Crippen molar-refractivity contribution in [2.45, 2.75) is 13.8 Å². The van der Waals surface area contributed by atoms with Crippen LogP contribution >= 0.6 is 0 Å². The monoisotopic (exact) mass is 148 g/mol. The van der Waals surface area contributed by atoms with E-state index >= 15 is 0 Å². The molecule has 58 valence electrons. The summed E-state index contributed by atoms with van der Waals surface area (Å²) in [6.07, 6.45) is 5.64. The molecule has 0 aromatic rings. The molecule has 0 amide bonds. The van der Waals surface area contributed by atoms with Gasteiger partial charge in [0.05, 0.1) is 0 Å². The van der Waals surface area contributed by atoms with Crippen LogP contribution in [-0.2, 0) is 0 Å². The van der Waals surface area contributed by atoms with Gasteiger partial charge in [0.15, 0.2) is 0 Å². The van der Waals surface area contributed by atoms with Crippen LogP contribution in [0.5, 0.6) is 0 Å². The summed E-state index contributed by atoms with van der Waals surface area (Å²) in [4.78, 5) is 3.84. The normalized spacial score (nSPS) is 16.3. The van der Waals surface area contributed by atoms with Gasteiger partial charge in [-0.3, -0.25) is 0 Å². The van der Waals surface area contributed by atoms with Crippen LogP contribution in [0.2, 0.25) is 0 Å². The Morgan fingerprint density at radius 1 is 1.45 bits per heavy atom. The molecule has 1 rings (SSSR count). The average molecular weight is 148 g/mol. The number of hydrogen-bond donors (Lipinski definition) is 1. The molecule has 0 unspecified atom stereocenters. The molecule has 0 atom stereocenters. The van der Waals surface area contributed by atoms with E-state index in [0.717, 1.165) is 0 Å². The second-order valence-corrected chi connectivity index (χ2v) is 2.80. The van der Waals surface area contributed by atoms with E-state index in [0.29, 0.717) is 11.7 Å². The van der Waals surface area contributed by atoms with Crippen molar-refractivity contribution in [1.29, 1.82) is 0 Å². The van der Waals surface area contributed by atoms with Crippen molar-refractivity contribution in [3.8, 4) is 0 Å². The Bertz CT molecular complexity index is 263. The summed E-state index contributed by atoms with van der Waals surface area (Å²) in [5, 5.41) is 0. The molecule has 1 heterocycles. The quantitative estimate of drug-likeness (QED) is 0.602. The fraction of sp³-hybridized carbons (Fsp3) is 0.333. The summed E-state index contributed by atoms with van der Waals surface area (Å²) in [5.41, 5.74) is 6.67. The van der Waals surface area contributed by atoms with Crippen LogP contribution in [-0.4, -0.2) is 5.87 Å². The standard InChI is InChI=1S/C9H12N2/c1-7(2)8-3-4-9(10)11-6-5-8/h3-5,7H,10H2,1-2H3. The van der Waals surface area contributed by atoms with Crippen LogP contribution in [0.25, 0.3) is 0 Å². The Hall–Kier alpha value is -1.27. The van der Waals surface area contributed by atoms with Gasteiger partial charge >= 0.3 is 0 Å². The molecule has 11 heavy (non-hydrogen) atoms. The Labute approximate surface area is 66.8 Å². The fourth-order valence-electron chi connectivity index (χ4n) is 0.807. The van der Waals surface area contributed by atoms with Crippen molar-refractivity contribution in [2.24, 2.45) is 16.6 Å². The van der Waals surface area contributed by atoms with E-state index in [4.69, 9.17) is 5.73 Å². The second-order valence-electron chi connectivity index (χ2n) is 2.80. The Kier molecular flexibility index (Phi) is 2.29. The van der Waals surface area contributed by atoms with Gasteiger partial charge in [-0.1, -0.05) is 19.9 Å². The molecule has 0 fully saturated rings. The zero-order valence-corrected chi connectivity index (χ0v) is 6.83. The molecule has 2 N–H and O–H groups in total. The molecular weight excluding hydrogens is 136 g/mol. The maximum atomic E-state index is 5.46. The minimum absolute atomic E-state index is 0.500. The van der Waals surface area contributed by atoms with Crippen LogP contribution in [0.4, 0.5) is 0 Å². The number of allylic oxidation sites excluding steroid dienone is 4. The molecule has 1 aliphatic rings. The summed E-state index contributed by atoms with van der Waals surface area (Å²) >= 11 is 0. The van der Waals surface area contributed by atoms with Crippen LogP contribution in [0.1, 0.15) is 13.8 Å². The largest absolute Gasteiger partial charge is 0.383 e. The van der Waals surface area contributed by atoms with Gasteiger partial charge in [-0.15, -0.1) is 0 Å². The van der Waals surface area contributed by atoms with Gasteiger partial charge in [0.1, 0.15) is 5.82 Å². The molecule has 0 aromatic heterocycles.